The highest BCUT2D eigenvalue weighted by molar-refractivity contribution is 9.10. The minimum Gasteiger partial charge on any atom is -0.461 e. The van der Waals surface area contributed by atoms with Gasteiger partial charge in [-0.25, -0.2) is 39.3 Å². The molecule has 0 radical (unpaired) electrons. The molecule has 0 amide bonds. The molecule has 62 heavy (non-hydrogen) atoms. The molecule has 16 nitrogen and oxygen atoms in total. The number of Topliss-reactive ketones (excluding diaryl/α,β-unsaturated/α-hetero) is 1. The van der Waals surface area contributed by atoms with Crippen LogP contribution in [0.4, 0.5) is 5.13 Å². The maximum atomic E-state index is 11.8. The summed E-state index contributed by atoms with van der Waals surface area (Å²) in [5.41, 5.74) is 11.1. The Kier molecular flexibility index (Phi) is 17.8. The first-order valence-electron chi connectivity index (χ1n) is 18.3. The molecular formula is C40H36Br2ClN9O7S3. The predicted molar refractivity (Wildman–Crippen MR) is 247 cm³/mol. The van der Waals surface area contributed by atoms with Crippen molar-refractivity contribution in [3.63, 3.8) is 0 Å². The van der Waals surface area contributed by atoms with Crippen molar-refractivity contribution in [3.05, 3.63) is 122 Å². The maximum Gasteiger partial charge on any atom is 0.357 e. The molecule has 0 aliphatic rings. The molecular weight excluding hydrogens is 1010 g/mol. The molecule has 8 rings (SSSR count). The largest absolute Gasteiger partial charge is 0.461 e. The second kappa shape index (κ2) is 23.1. The lowest BCUT2D eigenvalue weighted by Gasteiger charge is -1.99. The highest BCUT2D eigenvalue weighted by Gasteiger charge is 2.19. The number of alkyl halides is 1. The molecule has 2 N–H and O–H groups in total. The lowest BCUT2D eigenvalue weighted by molar-refractivity contribution is 0.0509. The fourth-order valence-corrected chi connectivity index (χ4v) is 8.31. The van der Waals surface area contributed by atoms with Crippen molar-refractivity contribution in [1.82, 2.24) is 38.7 Å². The average molecular weight is 1050 g/mol. The SMILES string of the molecule is CCOC(=O)c1csc(N)n1.CCOC(=O)c1csc2nc(-c3cccnc3Br)cn12.CCOC(=O)c1csc2nc(-c3cccnc3Cl)cn12.Cc1ncccc1C(=O)CBr. The van der Waals surface area contributed by atoms with Crippen LogP contribution in [0.25, 0.3) is 32.4 Å². The van der Waals surface area contributed by atoms with Gasteiger partial charge in [0.1, 0.15) is 21.1 Å². The number of thiazole rings is 3. The van der Waals surface area contributed by atoms with Crippen LogP contribution in [0.5, 0.6) is 0 Å². The van der Waals surface area contributed by atoms with Crippen molar-refractivity contribution in [2.75, 3.05) is 30.9 Å². The Morgan fingerprint density at radius 3 is 1.73 bits per heavy atom. The molecule has 0 saturated heterocycles. The number of ketones is 1. The van der Waals surface area contributed by atoms with Gasteiger partial charge in [-0.15, -0.1) is 34.0 Å². The molecule has 8 aromatic rings. The van der Waals surface area contributed by atoms with E-state index in [9.17, 15) is 19.2 Å². The van der Waals surface area contributed by atoms with Gasteiger partial charge in [0, 0.05) is 69.5 Å². The number of esters is 3. The molecule has 0 aliphatic carbocycles. The van der Waals surface area contributed by atoms with E-state index in [0.717, 1.165) is 32.1 Å². The standard InChI is InChI=1S/C13H10BrN3O2S.C13H10ClN3O2S.C8H8BrNO.C6H8N2O2S/c2*1-2-19-12(18)10-7-20-13-16-9(6-17(10)13)8-4-3-5-15-11(8)14;1-6-7(8(11)5-9)3-2-4-10-6;1-2-10-5(9)4-3-11-6(7)8-4/h2*3-7H,2H2,1H3;2-4H,5H2,1H3;3H,2H2,1H3,(H2,7,8). The second-order valence-corrected chi connectivity index (χ2v) is 16.1. The number of nitrogen functional groups attached to an aromatic ring is 1. The summed E-state index contributed by atoms with van der Waals surface area (Å²) in [6.07, 6.45) is 8.59. The van der Waals surface area contributed by atoms with E-state index in [-0.39, 0.29) is 23.4 Å². The summed E-state index contributed by atoms with van der Waals surface area (Å²) in [5.74, 6) is -1.04. The molecule has 0 fully saturated rings. The number of nitrogens with zero attached hydrogens (tertiary/aromatic N) is 8. The van der Waals surface area contributed by atoms with Crippen molar-refractivity contribution in [2.45, 2.75) is 27.7 Å². The first-order chi connectivity index (χ1) is 29.9. The number of carbonyl (C=O) groups is 4. The summed E-state index contributed by atoms with van der Waals surface area (Å²) in [6, 6.07) is 11.0. The van der Waals surface area contributed by atoms with Gasteiger partial charge in [0.15, 0.2) is 26.5 Å². The summed E-state index contributed by atoms with van der Waals surface area (Å²) >= 11 is 16.6. The number of aromatic nitrogens is 8. The number of aryl methyl sites for hydroxylation is 1. The normalized spacial score (nSPS) is 10.4. The second-order valence-electron chi connectivity index (χ2n) is 11.9. The zero-order chi connectivity index (χ0) is 44.8. The van der Waals surface area contributed by atoms with Crippen molar-refractivity contribution >= 4 is 116 Å². The van der Waals surface area contributed by atoms with Crippen molar-refractivity contribution in [2.24, 2.45) is 0 Å². The van der Waals surface area contributed by atoms with E-state index in [1.165, 1.54) is 34.0 Å². The van der Waals surface area contributed by atoms with Gasteiger partial charge in [-0.3, -0.25) is 18.6 Å². The number of hydrogen-bond acceptors (Lipinski definition) is 17. The first kappa shape index (κ1) is 47.6. The molecule has 0 aliphatic heterocycles. The Labute approximate surface area is 388 Å². The summed E-state index contributed by atoms with van der Waals surface area (Å²) in [7, 11) is 0. The topological polar surface area (TPSA) is 208 Å². The van der Waals surface area contributed by atoms with E-state index in [2.05, 4.69) is 61.8 Å². The number of imidazole rings is 2. The number of pyridine rings is 3. The highest BCUT2D eigenvalue weighted by atomic mass is 79.9. The number of carbonyl (C=O) groups excluding carboxylic acids is 4. The van der Waals surface area contributed by atoms with Gasteiger partial charge in [-0.05, 0) is 80.0 Å². The van der Waals surface area contributed by atoms with Gasteiger partial charge in [-0.1, -0.05) is 27.5 Å². The Bertz CT molecular complexity index is 2670. The van der Waals surface area contributed by atoms with Gasteiger partial charge in [0.25, 0.3) is 0 Å². The number of hydrogen-bond donors (Lipinski definition) is 1. The van der Waals surface area contributed by atoms with Crippen LogP contribution in [0.3, 0.4) is 0 Å². The fourth-order valence-electron chi connectivity index (χ4n) is 5.12. The van der Waals surface area contributed by atoms with Crippen LogP contribution in [-0.2, 0) is 14.2 Å². The quantitative estimate of drug-likeness (QED) is 0.0445. The smallest absolute Gasteiger partial charge is 0.357 e. The Morgan fingerprint density at radius 1 is 0.710 bits per heavy atom. The summed E-state index contributed by atoms with van der Waals surface area (Å²) in [4.78, 5) is 72.1. The van der Waals surface area contributed by atoms with Crippen LogP contribution in [-0.4, -0.2) is 87.5 Å². The van der Waals surface area contributed by atoms with Gasteiger partial charge in [0.05, 0.1) is 36.5 Å². The van der Waals surface area contributed by atoms with E-state index in [4.69, 9.17) is 31.5 Å². The van der Waals surface area contributed by atoms with Crippen LogP contribution < -0.4 is 5.73 Å². The van der Waals surface area contributed by atoms with Crippen molar-refractivity contribution in [3.8, 4) is 22.5 Å². The summed E-state index contributed by atoms with van der Waals surface area (Å²) in [5, 5.41) is 6.19. The van der Waals surface area contributed by atoms with Crippen LogP contribution in [0.2, 0.25) is 5.15 Å². The summed E-state index contributed by atoms with van der Waals surface area (Å²) in [6.45, 7) is 8.18. The van der Waals surface area contributed by atoms with Crippen LogP contribution in [0.1, 0.15) is 68.3 Å². The molecule has 0 saturated carbocycles. The molecule has 0 spiro atoms. The lowest BCUT2D eigenvalue weighted by Crippen LogP contribution is -2.06. The Morgan fingerprint density at radius 2 is 1.23 bits per heavy atom. The van der Waals surface area contributed by atoms with Gasteiger partial charge < -0.3 is 19.9 Å². The van der Waals surface area contributed by atoms with E-state index in [0.29, 0.717) is 63.0 Å². The molecule has 0 unspecified atom stereocenters. The van der Waals surface area contributed by atoms with Crippen molar-refractivity contribution in [1.29, 1.82) is 0 Å². The first-order valence-corrected chi connectivity index (χ1v) is 23.2. The van der Waals surface area contributed by atoms with Gasteiger partial charge >= 0.3 is 17.9 Å². The number of halogens is 3. The predicted octanol–water partition coefficient (Wildman–Crippen LogP) is 9.55. The third-order valence-corrected chi connectivity index (χ3v) is 11.7. The maximum absolute atomic E-state index is 11.8. The molecule has 8 aromatic heterocycles. The zero-order valence-corrected chi connectivity index (χ0v) is 39.7. The van der Waals surface area contributed by atoms with E-state index in [1.54, 1.807) is 88.7 Å². The Balaban J connectivity index is 0.000000163. The third-order valence-electron chi connectivity index (χ3n) is 7.89. The van der Waals surface area contributed by atoms with E-state index >= 15 is 0 Å². The van der Waals surface area contributed by atoms with Crippen LogP contribution in [0, 0.1) is 6.92 Å². The summed E-state index contributed by atoms with van der Waals surface area (Å²) < 4.78 is 18.9. The van der Waals surface area contributed by atoms with Crippen LogP contribution in [0.15, 0.2) is 88.1 Å². The Hall–Kier alpha value is -5.45. The molecule has 22 heteroatoms. The minimum absolute atomic E-state index is 0.0793. The number of nitrogens with two attached hydrogens (primary N) is 1. The van der Waals surface area contributed by atoms with Gasteiger partial charge in [0.2, 0.25) is 0 Å². The fraction of sp³-hybridized carbons (Fsp3) is 0.200. The van der Waals surface area contributed by atoms with Crippen molar-refractivity contribution < 1.29 is 33.4 Å². The molecule has 322 valence electrons. The lowest BCUT2D eigenvalue weighted by atomic mass is 10.1. The minimum atomic E-state index is -0.416. The number of ether oxygens (including phenoxy) is 3. The van der Waals surface area contributed by atoms with E-state index in [1.807, 2.05) is 31.3 Å². The van der Waals surface area contributed by atoms with Crippen LogP contribution >= 0.6 is 77.5 Å². The molecule has 8 heterocycles. The molecule has 0 aromatic carbocycles. The van der Waals surface area contributed by atoms with Gasteiger partial charge in [-0.2, -0.15) is 0 Å². The number of anilines is 1. The average Bonchev–Trinajstić information content (AvgIpc) is 4.11. The third kappa shape index (κ3) is 12.1. The molecule has 0 atom stereocenters. The molecule has 0 bridgehead atoms. The number of rotatable bonds is 10. The number of fused-ring (bicyclic) bond motifs is 2. The van der Waals surface area contributed by atoms with E-state index < -0.39 is 5.97 Å². The zero-order valence-electron chi connectivity index (χ0n) is 33.3. The monoisotopic (exact) mass is 1040 g/mol. The highest BCUT2D eigenvalue weighted by Crippen LogP contribution is 2.29.